The number of hydrogen-bond donors (Lipinski definition) is 0. The lowest BCUT2D eigenvalue weighted by Crippen LogP contribution is -2.17. The van der Waals surface area contributed by atoms with E-state index in [9.17, 15) is 9.59 Å². The first-order valence-electron chi connectivity index (χ1n) is 9.03. The molecule has 0 aromatic heterocycles. The van der Waals surface area contributed by atoms with Crippen molar-refractivity contribution in [2.24, 2.45) is 10.8 Å². The van der Waals surface area contributed by atoms with Gasteiger partial charge in [0.05, 0.1) is 39.6 Å². The van der Waals surface area contributed by atoms with Crippen molar-refractivity contribution in [2.75, 3.05) is 51.1 Å². The molecule has 0 aliphatic carbocycles. The molecule has 0 saturated heterocycles. The van der Waals surface area contributed by atoms with Gasteiger partial charge in [0.2, 0.25) is 0 Å². The molecule has 0 saturated carbocycles. The molecule has 0 bridgehead atoms. The number of carbonyl (C=O) groups excluding carboxylic acids is 2. The van der Waals surface area contributed by atoms with Gasteiger partial charge in [-0.15, -0.1) is 0 Å². The third-order valence-corrected chi connectivity index (χ3v) is 6.06. The number of thioether (sulfide) groups is 2. The minimum atomic E-state index is -0.307. The number of hydrogen-bond acceptors (Lipinski definition) is 8. The van der Waals surface area contributed by atoms with Gasteiger partial charge in [-0.05, 0) is 0 Å². The predicted octanol–water partition coefficient (Wildman–Crippen LogP) is 4.17. The standard InChI is InChI=1S/C18H35O6PS2/c1-17(2,3)15(19)26-13-11-21-7-9-23-25-24-10-8-22-12-14-27-16(20)18(4,5)6/h25H,7-14H2,1-6H3. The molecule has 0 unspecified atom stereocenters. The fourth-order valence-electron chi connectivity index (χ4n) is 1.35. The van der Waals surface area contributed by atoms with E-state index in [2.05, 4.69) is 0 Å². The Kier molecular flexibility index (Phi) is 15.4. The van der Waals surface area contributed by atoms with E-state index in [0.29, 0.717) is 51.1 Å². The summed E-state index contributed by atoms with van der Waals surface area (Å²) in [5.74, 6) is 1.32. The molecule has 0 amide bonds. The van der Waals surface area contributed by atoms with Gasteiger partial charge in [-0.25, -0.2) is 0 Å². The van der Waals surface area contributed by atoms with Crippen LogP contribution in [0.25, 0.3) is 0 Å². The van der Waals surface area contributed by atoms with Crippen LogP contribution in [0.4, 0.5) is 0 Å². The van der Waals surface area contributed by atoms with Crippen molar-refractivity contribution >= 4 is 42.8 Å². The maximum atomic E-state index is 11.7. The van der Waals surface area contributed by atoms with E-state index in [0.717, 1.165) is 0 Å². The largest absolute Gasteiger partial charge is 0.378 e. The van der Waals surface area contributed by atoms with Gasteiger partial charge in [-0.1, -0.05) is 65.1 Å². The molecule has 0 fully saturated rings. The van der Waals surface area contributed by atoms with Crippen LogP contribution in [0.5, 0.6) is 0 Å². The fraction of sp³-hybridized carbons (Fsp3) is 0.889. The first-order valence-corrected chi connectivity index (χ1v) is 11.8. The van der Waals surface area contributed by atoms with E-state index in [-0.39, 0.29) is 30.1 Å². The van der Waals surface area contributed by atoms with Gasteiger partial charge >= 0.3 is 0 Å². The van der Waals surface area contributed by atoms with Crippen molar-refractivity contribution in [1.82, 2.24) is 0 Å². The third-order valence-electron chi connectivity index (χ3n) is 2.92. The Morgan fingerprint density at radius 3 is 1.37 bits per heavy atom. The molecule has 0 rings (SSSR count). The molecule has 0 aliphatic heterocycles. The van der Waals surface area contributed by atoms with Crippen LogP contribution in [0.15, 0.2) is 0 Å². The molecule has 0 aliphatic rings. The molecule has 6 nitrogen and oxygen atoms in total. The second kappa shape index (κ2) is 15.2. The van der Waals surface area contributed by atoms with Crippen molar-refractivity contribution < 1.29 is 28.1 Å². The van der Waals surface area contributed by atoms with Gasteiger partial charge in [0, 0.05) is 22.3 Å². The topological polar surface area (TPSA) is 71.1 Å². The highest BCUT2D eigenvalue weighted by Crippen LogP contribution is 2.23. The summed E-state index contributed by atoms with van der Waals surface area (Å²) in [6, 6.07) is 0. The zero-order chi connectivity index (χ0) is 20.8. The predicted molar refractivity (Wildman–Crippen MR) is 116 cm³/mol. The second-order valence-electron chi connectivity index (χ2n) is 7.78. The van der Waals surface area contributed by atoms with Crippen LogP contribution in [-0.4, -0.2) is 61.4 Å². The quantitative estimate of drug-likeness (QED) is 0.293. The highest BCUT2D eigenvalue weighted by Gasteiger charge is 2.21. The number of carbonyl (C=O) groups is 2. The molecule has 0 spiro atoms. The van der Waals surface area contributed by atoms with Gasteiger partial charge < -0.3 is 18.5 Å². The van der Waals surface area contributed by atoms with E-state index in [1.54, 1.807) is 0 Å². The van der Waals surface area contributed by atoms with E-state index in [4.69, 9.17) is 18.5 Å². The maximum Gasteiger partial charge on any atom is 0.194 e. The fourth-order valence-corrected chi connectivity index (χ4v) is 3.41. The van der Waals surface area contributed by atoms with Gasteiger partial charge in [0.1, 0.15) is 0 Å². The first kappa shape index (κ1) is 27.3. The smallest absolute Gasteiger partial charge is 0.194 e. The molecule has 27 heavy (non-hydrogen) atoms. The molecule has 0 aromatic rings. The summed E-state index contributed by atoms with van der Waals surface area (Å²) in [7, 11) is -0.0453. The number of ether oxygens (including phenoxy) is 2. The summed E-state index contributed by atoms with van der Waals surface area (Å²) in [6.07, 6.45) is 0. The van der Waals surface area contributed by atoms with Gasteiger partial charge in [0.25, 0.3) is 0 Å². The SMILES string of the molecule is CC(C)(C)C(=O)SCCOCCOPOCCOCCSC(=O)C(C)(C)C. The molecule has 0 atom stereocenters. The van der Waals surface area contributed by atoms with Crippen LogP contribution in [0.2, 0.25) is 0 Å². The van der Waals surface area contributed by atoms with Gasteiger partial charge in [-0.3, -0.25) is 9.59 Å². The third kappa shape index (κ3) is 16.9. The molecule has 0 heterocycles. The highest BCUT2D eigenvalue weighted by molar-refractivity contribution is 8.14. The highest BCUT2D eigenvalue weighted by atomic mass is 32.2. The van der Waals surface area contributed by atoms with Crippen molar-refractivity contribution in [1.29, 1.82) is 0 Å². The second-order valence-corrected chi connectivity index (χ2v) is 10.7. The van der Waals surface area contributed by atoms with Crippen molar-refractivity contribution in [3.05, 3.63) is 0 Å². The average Bonchev–Trinajstić information content (AvgIpc) is 2.56. The van der Waals surface area contributed by atoms with Crippen LogP contribution >= 0.6 is 32.6 Å². The Morgan fingerprint density at radius 2 is 1.04 bits per heavy atom. The van der Waals surface area contributed by atoms with E-state index < -0.39 is 0 Å². The zero-order valence-electron chi connectivity index (χ0n) is 17.4. The minimum Gasteiger partial charge on any atom is -0.378 e. The monoisotopic (exact) mass is 442 g/mol. The lowest BCUT2D eigenvalue weighted by molar-refractivity contribution is -0.118. The normalized spacial score (nSPS) is 12.4. The van der Waals surface area contributed by atoms with Crippen LogP contribution in [0, 0.1) is 10.8 Å². The minimum absolute atomic E-state index is 0.0453. The van der Waals surface area contributed by atoms with Crippen LogP contribution in [0.3, 0.4) is 0 Å². The van der Waals surface area contributed by atoms with E-state index in [1.165, 1.54) is 23.5 Å². The molecule has 0 N–H and O–H groups in total. The Labute approximate surface area is 174 Å². The lowest BCUT2D eigenvalue weighted by atomic mass is 9.99. The van der Waals surface area contributed by atoms with Crippen molar-refractivity contribution in [3.8, 4) is 0 Å². The zero-order valence-corrected chi connectivity index (χ0v) is 20.1. The first-order chi connectivity index (χ1) is 12.5. The molecular formula is C18H35O6PS2. The van der Waals surface area contributed by atoms with Gasteiger partial charge in [-0.2, -0.15) is 0 Å². The molecule has 9 heteroatoms. The molecule has 0 aromatic carbocycles. The molecular weight excluding hydrogens is 407 g/mol. The van der Waals surface area contributed by atoms with Crippen LogP contribution in [0.1, 0.15) is 41.5 Å². The van der Waals surface area contributed by atoms with Gasteiger partial charge in [0.15, 0.2) is 19.3 Å². The Hall–Kier alpha value is 0.310. The summed E-state index contributed by atoms with van der Waals surface area (Å²) >= 11 is 2.61. The Balaban J connectivity index is 3.26. The summed E-state index contributed by atoms with van der Waals surface area (Å²) in [5, 5.41) is 0.359. The molecule has 0 radical (unpaired) electrons. The van der Waals surface area contributed by atoms with Crippen LogP contribution < -0.4 is 0 Å². The lowest BCUT2D eigenvalue weighted by Gasteiger charge is -2.15. The number of rotatable bonds is 14. The van der Waals surface area contributed by atoms with Crippen molar-refractivity contribution in [2.45, 2.75) is 41.5 Å². The summed E-state index contributed by atoms with van der Waals surface area (Å²) in [6.45, 7) is 14.4. The summed E-state index contributed by atoms with van der Waals surface area (Å²) < 4.78 is 21.4. The average molecular weight is 443 g/mol. The van der Waals surface area contributed by atoms with Crippen LogP contribution in [-0.2, 0) is 28.1 Å². The maximum absolute atomic E-state index is 11.7. The Bertz CT molecular complexity index is 383. The summed E-state index contributed by atoms with van der Waals surface area (Å²) in [4.78, 5) is 23.4. The summed E-state index contributed by atoms with van der Waals surface area (Å²) in [5.41, 5.74) is -0.614. The van der Waals surface area contributed by atoms with E-state index >= 15 is 0 Å². The van der Waals surface area contributed by atoms with Crippen molar-refractivity contribution in [3.63, 3.8) is 0 Å². The molecule has 160 valence electrons. The van der Waals surface area contributed by atoms with E-state index in [1.807, 2.05) is 41.5 Å². The Morgan fingerprint density at radius 1 is 0.667 bits per heavy atom.